The lowest BCUT2D eigenvalue weighted by atomic mass is 10.2. The molecular formula is C25H25ClN2O6S. The topological polar surface area (TPSA) is 111 Å². The molecule has 3 rings (SSSR count). The molecule has 0 heterocycles. The lowest BCUT2D eigenvalue weighted by Crippen LogP contribution is -2.35. The van der Waals surface area contributed by atoms with Crippen LogP contribution in [0.4, 0.5) is 0 Å². The summed E-state index contributed by atoms with van der Waals surface area (Å²) in [6, 6.07) is 19.9. The molecule has 184 valence electrons. The van der Waals surface area contributed by atoms with Crippen LogP contribution < -0.4 is 14.8 Å². The number of ether oxygens (including phenoxy) is 2. The molecule has 3 aromatic carbocycles. The first kappa shape index (κ1) is 26.2. The number of rotatable bonds is 10. The average Bonchev–Trinajstić information content (AvgIpc) is 2.87. The van der Waals surface area contributed by atoms with Crippen molar-refractivity contribution in [3.8, 4) is 5.75 Å². The Bertz CT molecular complexity index is 1280. The number of amides is 1. The summed E-state index contributed by atoms with van der Waals surface area (Å²) < 4.78 is 38.3. The van der Waals surface area contributed by atoms with Crippen molar-refractivity contribution in [3.05, 3.63) is 94.5 Å². The minimum Gasteiger partial charge on any atom is -0.497 e. The van der Waals surface area contributed by atoms with Gasteiger partial charge in [-0.2, -0.15) is 0 Å². The van der Waals surface area contributed by atoms with Crippen LogP contribution in [0, 0.1) is 0 Å². The molecule has 1 unspecified atom stereocenters. The van der Waals surface area contributed by atoms with Gasteiger partial charge >= 0.3 is 5.97 Å². The van der Waals surface area contributed by atoms with Gasteiger partial charge in [-0.05, 0) is 48.4 Å². The summed E-state index contributed by atoms with van der Waals surface area (Å²) in [6.45, 7) is 1.72. The smallest absolute Gasteiger partial charge is 0.338 e. The number of hydrogen-bond donors (Lipinski definition) is 2. The monoisotopic (exact) mass is 516 g/mol. The normalized spacial score (nSPS) is 12.0. The highest BCUT2D eigenvalue weighted by molar-refractivity contribution is 7.89. The van der Waals surface area contributed by atoms with Crippen molar-refractivity contribution < 1.29 is 27.5 Å². The first-order valence-corrected chi connectivity index (χ1v) is 12.5. The van der Waals surface area contributed by atoms with Crippen LogP contribution in [0.15, 0.2) is 77.7 Å². The Morgan fingerprint density at radius 2 is 1.60 bits per heavy atom. The van der Waals surface area contributed by atoms with E-state index in [1.807, 2.05) is 6.07 Å². The summed E-state index contributed by atoms with van der Waals surface area (Å²) in [7, 11) is -2.45. The van der Waals surface area contributed by atoms with Crippen molar-refractivity contribution in [3.63, 3.8) is 0 Å². The van der Waals surface area contributed by atoms with E-state index in [2.05, 4.69) is 10.0 Å². The van der Waals surface area contributed by atoms with Crippen molar-refractivity contribution in [1.82, 2.24) is 10.0 Å². The van der Waals surface area contributed by atoms with Crippen LogP contribution >= 0.6 is 11.6 Å². The van der Waals surface area contributed by atoms with Gasteiger partial charge < -0.3 is 14.8 Å². The molecule has 10 heteroatoms. The molecule has 0 bridgehead atoms. The number of hydrogen-bond acceptors (Lipinski definition) is 6. The lowest BCUT2D eigenvalue weighted by molar-refractivity contribution is -0.129. The number of carbonyl (C=O) groups excluding carboxylic acids is 2. The van der Waals surface area contributed by atoms with E-state index in [4.69, 9.17) is 21.1 Å². The van der Waals surface area contributed by atoms with Gasteiger partial charge in [0.05, 0.1) is 17.7 Å². The Morgan fingerprint density at radius 3 is 2.26 bits per heavy atom. The highest BCUT2D eigenvalue weighted by Crippen LogP contribution is 2.23. The number of sulfonamides is 1. The van der Waals surface area contributed by atoms with Gasteiger partial charge in [0.15, 0.2) is 6.10 Å². The Labute approximate surface area is 209 Å². The van der Waals surface area contributed by atoms with Gasteiger partial charge in [-0.25, -0.2) is 17.9 Å². The van der Waals surface area contributed by atoms with E-state index in [1.165, 1.54) is 19.1 Å². The van der Waals surface area contributed by atoms with Crippen LogP contribution in [0.25, 0.3) is 0 Å². The quantitative estimate of drug-likeness (QED) is 0.398. The van der Waals surface area contributed by atoms with Gasteiger partial charge in [-0.3, -0.25) is 4.79 Å². The van der Waals surface area contributed by atoms with Gasteiger partial charge in [0, 0.05) is 13.1 Å². The third-order valence-electron chi connectivity index (χ3n) is 5.04. The van der Waals surface area contributed by atoms with Gasteiger partial charge in [-0.15, -0.1) is 0 Å². The lowest BCUT2D eigenvalue weighted by Gasteiger charge is -2.15. The predicted octanol–water partition coefficient (Wildman–Crippen LogP) is 3.69. The molecule has 0 aromatic heterocycles. The highest BCUT2D eigenvalue weighted by atomic mass is 35.5. The maximum Gasteiger partial charge on any atom is 0.338 e. The van der Waals surface area contributed by atoms with Crippen molar-refractivity contribution in [1.29, 1.82) is 0 Å². The molecule has 0 saturated heterocycles. The number of carbonyl (C=O) groups is 2. The SMILES string of the molecule is COc1ccc(CNC(=O)C(C)OC(=O)c2ccc(Cl)c(S(=O)(=O)NCc3ccccc3)c2)cc1. The Morgan fingerprint density at radius 1 is 0.943 bits per heavy atom. The second-order valence-electron chi connectivity index (χ2n) is 7.57. The summed E-state index contributed by atoms with van der Waals surface area (Å²) in [6.07, 6.45) is -1.10. The fourth-order valence-corrected chi connectivity index (χ4v) is 4.59. The van der Waals surface area contributed by atoms with E-state index in [1.54, 1.807) is 55.6 Å². The van der Waals surface area contributed by atoms with Crippen LogP contribution in [0.3, 0.4) is 0 Å². The average molecular weight is 517 g/mol. The van der Waals surface area contributed by atoms with E-state index in [-0.39, 0.29) is 28.6 Å². The third kappa shape index (κ3) is 7.29. The summed E-state index contributed by atoms with van der Waals surface area (Å²) in [5.41, 5.74) is 1.55. The number of esters is 1. The number of nitrogens with one attached hydrogen (secondary N) is 2. The molecule has 0 aliphatic heterocycles. The minimum absolute atomic E-state index is 0.0487. The fraction of sp³-hybridized carbons (Fsp3) is 0.200. The maximum atomic E-state index is 12.8. The predicted molar refractivity (Wildman–Crippen MR) is 132 cm³/mol. The molecule has 3 aromatic rings. The number of methoxy groups -OCH3 is 1. The van der Waals surface area contributed by atoms with Crippen molar-refractivity contribution in [2.45, 2.75) is 31.0 Å². The molecule has 0 radical (unpaired) electrons. The van der Waals surface area contributed by atoms with Crippen LogP contribution in [-0.4, -0.2) is 33.5 Å². The molecule has 1 atom stereocenters. The zero-order valence-electron chi connectivity index (χ0n) is 19.2. The van der Waals surface area contributed by atoms with Gasteiger partial charge in [-0.1, -0.05) is 54.1 Å². The van der Waals surface area contributed by atoms with E-state index >= 15 is 0 Å². The van der Waals surface area contributed by atoms with Crippen molar-refractivity contribution in [2.75, 3.05) is 7.11 Å². The van der Waals surface area contributed by atoms with Crippen LogP contribution in [0.1, 0.15) is 28.4 Å². The Balaban J connectivity index is 1.62. The summed E-state index contributed by atoms with van der Waals surface area (Å²) in [5, 5.41) is 2.64. The Hall–Kier alpha value is -3.40. The van der Waals surface area contributed by atoms with E-state index < -0.39 is 28.0 Å². The molecular weight excluding hydrogens is 492 g/mol. The zero-order chi connectivity index (χ0) is 25.4. The molecule has 0 saturated carbocycles. The molecule has 2 N–H and O–H groups in total. The van der Waals surface area contributed by atoms with E-state index in [0.717, 1.165) is 17.2 Å². The van der Waals surface area contributed by atoms with Crippen molar-refractivity contribution >= 4 is 33.5 Å². The number of benzene rings is 3. The highest BCUT2D eigenvalue weighted by Gasteiger charge is 2.23. The van der Waals surface area contributed by atoms with E-state index in [0.29, 0.717) is 5.75 Å². The second kappa shape index (κ2) is 11.8. The van der Waals surface area contributed by atoms with Gasteiger partial charge in [0.1, 0.15) is 10.6 Å². The molecule has 0 spiro atoms. The third-order valence-corrected chi connectivity index (χ3v) is 6.93. The number of halogens is 1. The van der Waals surface area contributed by atoms with Gasteiger partial charge in [0.2, 0.25) is 10.0 Å². The second-order valence-corrected chi connectivity index (χ2v) is 9.71. The molecule has 35 heavy (non-hydrogen) atoms. The first-order chi connectivity index (χ1) is 16.7. The Kier molecular flexibility index (Phi) is 8.86. The summed E-state index contributed by atoms with van der Waals surface area (Å²) in [5.74, 6) is -0.657. The summed E-state index contributed by atoms with van der Waals surface area (Å²) in [4.78, 5) is 24.7. The van der Waals surface area contributed by atoms with Crippen LogP contribution in [0.5, 0.6) is 5.75 Å². The largest absolute Gasteiger partial charge is 0.497 e. The molecule has 0 fully saturated rings. The zero-order valence-corrected chi connectivity index (χ0v) is 20.7. The van der Waals surface area contributed by atoms with E-state index in [9.17, 15) is 18.0 Å². The molecule has 0 aliphatic rings. The standard InChI is InChI=1S/C25H25ClN2O6S/c1-17(24(29)27-15-19-8-11-21(33-2)12-9-19)34-25(30)20-10-13-22(26)23(14-20)35(31,32)28-16-18-6-4-3-5-7-18/h3-14,17,28H,15-16H2,1-2H3,(H,27,29). The fourth-order valence-electron chi connectivity index (χ4n) is 3.05. The molecule has 0 aliphatic carbocycles. The van der Waals surface area contributed by atoms with Crippen molar-refractivity contribution in [2.24, 2.45) is 0 Å². The van der Waals surface area contributed by atoms with Gasteiger partial charge in [0.25, 0.3) is 5.91 Å². The van der Waals surface area contributed by atoms with Crippen LogP contribution in [0.2, 0.25) is 5.02 Å². The molecule has 8 nitrogen and oxygen atoms in total. The molecule has 1 amide bonds. The minimum atomic E-state index is -4.01. The maximum absolute atomic E-state index is 12.8. The first-order valence-electron chi connectivity index (χ1n) is 10.6. The summed E-state index contributed by atoms with van der Waals surface area (Å²) >= 11 is 6.10. The van der Waals surface area contributed by atoms with Crippen LogP contribution in [-0.2, 0) is 32.6 Å².